The van der Waals surface area contributed by atoms with Crippen molar-refractivity contribution in [1.29, 1.82) is 0 Å². The van der Waals surface area contributed by atoms with Crippen molar-refractivity contribution in [3.8, 4) is 11.5 Å². The second-order valence-corrected chi connectivity index (χ2v) is 10.4. The van der Waals surface area contributed by atoms with E-state index in [0.717, 1.165) is 41.3 Å². The molecule has 0 saturated heterocycles. The third kappa shape index (κ3) is 4.55. The lowest BCUT2D eigenvalue weighted by Gasteiger charge is -2.54. The van der Waals surface area contributed by atoms with E-state index in [1.54, 1.807) is 0 Å². The summed E-state index contributed by atoms with van der Waals surface area (Å²) in [6, 6.07) is 12.4. The Hall–Kier alpha value is -1.42. The summed E-state index contributed by atoms with van der Waals surface area (Å²) in [4.78, 5) is 0. The van der Waals surface area contributed by atoms with Crippen molar-refractivity contribution in [1.82, 2.24) is 5.32 Å². The van der Waals surface area contributed by atoms with Crippen LogP contribution in [0.5, 0.6) is 11.5 Å². The lowest BCUT2D eigenvalue weighted by Crippen LogP contribution is -2.54. The number of rotatable bonds is 8. The van der Waals surface area contributed by atoms with Crippen LogP contribution >= 0.6 is 23.2 Å². The zero-order valence-electron chi connectivity index (χ0n) is 18.1. The van der Waals surface area contributed by atoms with Crippen molar-refractivity contribution < 1.29 is 9.47 Å². The van der Waals surface area contributed by atoms with Gasteiger partial charge in [-0.1, -0.05) is 41.4 Å². The van der Waals surface area contributed by atoms with Crippen LogP contribution in [0, 0.1) is 23.7 Å². The number of hydrogen-bond acceptors (Lipinski definition) is 3. The third-order valence-corrected chi connectivity index (χ3v) is 8.12. The highest BCUT2D eigenvalue weighted by molar-refractivity contribution is 6.32. The average Bonchev–Trinajstić information content (AvgIpc) is 2.73. The van der Waals surface area contributed by atoms with E-state index in [1.165, 1.54) is 32.1 Å². The van der Waals surface area contributed by atoms with E-state index in [0.29, 0.717) is 40.8 Å². The van der Waals surface area contributed by atoms with E-state index in [-0.39, 0.29) is 0 Å². The van der Waals surface area contributed by atoms with Crippen LogP contribution in [-0.2, 0) is 13.2 Å². The Labute approximate surface area is 195 Å². The number of hydrogen-bond donors (Lipinski definition) is 1. The molecule has 0 heterocycles. The molecule has 0 aliphatic heterocycles. The molecule has 4 bridgehead atoms. The van der Waals surface area contributed by atoms with Gasteiger partial charge in [-0.2, -0.15) is 0 Å². The van der Waals surface area contributed by atoms with Gasteiger partial charge in [-0.25, -0.2) is 0 Å². The third-order valence-electron chi connectivity index (χ3n) is 7.47. The number of halogens is 2. The number of ether oxygens (including phenoxy) is 2. The molecule has 0 unspecified atom stereocenters. The maximum Gasteiger partial charge on any atom is 0.180 e. The molecule has 31 heavy (non-hydrogen) atoms. The Kier molecular flexibility index (Phi) is 6.37. The Morgan fingerprint density at radius 3 is 2.29 bits per heavy atom. The van der Waals surface area contributed by atoms with E-state index in [1.807, 2.05) is 37.3 Å². The molecule has 2 aromatic carbocycles. The van der Waals surface area contributed by atoms with Crippen molar-refractivity contribution >= 4 is 23.2 Å². The molecule has 2 aromatic rings. The number of benzene rings is 2. The van der Waals surface area contributed by atoms with Gasteiger partial charge < -0.3 is 14.8 Å². The lowest BCUT2D eigenvalue weighted by molar-refractivity contribution is -0.0142. The molecule has 0 spiro atoms. The van der Waals surface area contributed by atoms with Gasteiger partial charge in [0.1, 0.15) is 6.61 Å². The topological polar surface area (TPSA) is 30.5 Å². The fourth-order valence-electron chi connectivity index (χ4n) is 6.39. The number of nitrogens with one attached hydrogen (secondary N) is 1. The van der Waals surface area contributed by atoms with Gasteiger partial charge in [-0.15, -0.1) is 0 Å². The fourth-order valence-corrected chi connectivity index (χ4v) is 6.86. The lowest BCUT2D eigenvalue weighted by atomic mass is 9.54. The Morgan fingerprint density at radius 2 is 1.61 bits per heavy atom. The van der Waals surface area contributed by atoms with Gasteiger partial charge in [0.2, 0.25) is 0 Å². The first kappa shape index (κ1) is 21.4. The van der Waals surface area contributed by atoms with Gasteiger partial charge in [0.05, 0.1) is 11.6 Å². The molecule has 6 rings (SSSR count). The Morgan fingerprint density at radius 1 is 0.903 bits per heavy atom. The zero-order chi connectivity index (χ0) is 21.4. The summed E-state index contributed by atoms with van der Waals surface area (Å²) >= 11 is 12.9. The summed E-state index contributed by atoms with van der Waals surface area (Å²) < 4.78 is 11.9. The molecule has 4 aliphatic carbocycles. The van der Waals surface area contributed by atoms with Crippen molar-refractivity contribution in [2.45, 2.75) is 58.2 Å². The molecule has 166 valence electrons. The molecule has 0 atom stereocenters. The molecule has 0 aromatic heterocycles. The van der Waals surface area contributed by atoms with Gasteiger partial charge >= 0.3 is 0 Å². The van der Waals surface area contributed by atoms with Crippen molar-refractivity contribution in [3.05, 3.63) is 57.6 Å². The second kappa shape index (κ2) is 9.21. The highest BCUT2D eigenvalue weighted by atomic mass is 35.5. The van der Waals surface area contributed by atoms with Gasteiger partial charge in [0.15, 0.2) is 11.5 Å². The molecular formula is C26H31Cl2NO2. The normalized spacial score (nSPS) is 28.7. The molecule has 4 fully saturated rings. The van der Waals surface area contributed by atoms with Crippen molar-refractivity contribution in [3.63, 3.8) is 0 Å². The van der Waals surface area contributed by atoms with Gasteiger partial charge in [-0.05, 0) is 86.5 Å². The van der Waals surface area contributed by atoms with Crippen molar-refractivity contribution in [2.75, 3.05) is 6.61 Å². The van der Waals surface area contributed by atoms with Crippen LogP contribution in [0.1, 0.15) is 50.2 Å². The van der Waals surface area contributed by atoms with Crippen LogP contribution in [0.25, 0.3) is 0 Å². The minimum absolute atomic E-state index is 0.352. The van der Waals surface area contributed by atoms with E-state index in [9.17, 15) is 0 Å². The maximum atomic E-state index is 6.65. The summed E-state index contributed by atoms with van der Waals surface area (Å²) in [6.07, 6.45) is 7.17. The first-order valence-corrected chi connectivity index (χ1v) is 12.4. The predicted molar refractivity (Wildman–Crippen MR) is 126 cm³/mol. The van der Waals surface area contributed by atoms with Crippen LogP contribution in [0.3, 0.4) is 0 Å². The highest BCUT2D eigenvalue weighted by Crippen LogP contribution is 2.53. The zero-order valence-corrected chi connectivity index (χ0v) is 19.6. The summed E-state index contributed by atoms with van der Waals surface area (Å²) in [5.74, 6) is 4.99. The summed E-state index contributed by atoms with van der Waals surface area (Å²) in [6.45, 7) is 3.71. The molecule has 4 saturated carbocycles. The molecular weight excluding hydrogens is 429 g/mol. The SMILES string of the molecule is CCOc1cc(CNC2C3CC4CC(C3)CC2C4)cc(Cl)c1OCc1ccccc1Cl. The van der Waals surface area contributed by atoms with Crippen LogP contribution in [0.15, 0.2) is 36.4 Å². The highest BCUT2D eigenvalue weighted by Gasteiger charge is 2.47. The summed E-state index contributed by atoms with van der Waals surface area (Å²) in [5.41, 5.74) is 2.07. The standard InChI is InChI=1S/C26H31Cl2NO2/c1-2-30-24-13-18(12-23(28)26(24)31-15-19-5-3-4-6-22(19)27)14-29-25-20-8-16-7-17(10-20)11-21(25)9-16/h3-6,12-13,16-17,20-21,25,29H,2,7-11,14-15H2,1H3. The summed E-state index contributed by atoms with van der Waals surface area (Å²) in [7, 11) is 0. The second-order valence-electron chi connectivity index (χ2n) is 9.56. The minimum Gasteiger partial charge on any atom is -0.490 e. The van der Waals surface area contributed by atoms with Crippen LogP contribution in [0.4, 0.5) is 0 Å². The Balaban J connectivity index is 1.28. The Bertz CT molecular complexity index is 904. The van der Waals surface area contributed by atoms with Gasteiger partial charge in [-0.3, -0.25) is 0 Å². The van der Waals surface area contributed by atoms with Crippen LogP contribution in [0.2, 0.25) is 10.0 Å². The summed E-state index contributed by atoms with van der Waals surface area (Å²) in [5, 5.41) is 5.16. The first-order valence-electron chi connectivity index (χ1n) is 11.7. The molecule has 0 amide bonds. The minimum atomic E-state index is 0.352. The van der Waals surface area contributed by atoms with E-state index in [4.69, 9.17) is 32.7 Å². The largest absolute Gasteiger partial charge is 0.490 e. The molecule has 5 heteroatoms. The molecule has 0 radical (unpaired) electrons. The van der Waals surface area contributed by atoms with Gasteiger partial charge in [0.25, 0.3) is 0 Å². The average molecular weight is 460 g/mol. The maximum absolute atomic E-state index is 6.65. The fraction of sp³-hybridized carbons (Fsp3) is 0.538. The van der Waals surface area contributed by atoms with Crippen LogP contribution in [-0.4, -0.2) is 12.6 Å². The van der Waals surface area contributed by atoms with E-state index >= 15 is 0 Å². The molecule has 4 aliphatic rings. The van der Waals surface area contributed by atoms with Gasteiger partial charge in [0, 0.05) is 23.2 Å². The predicted octanol–water partition coefficient (Wildman–Crippen LogP) is 6.89. The molecule has 1 N–H and O–H groups in total. The van der Waals surface area contributed by atoms with Crippen molar-refractivity contribution in [2.24, 2.45) is 23.7 Å². The quantitative estimate of drug-likeness (QED) is 0.466. The van der Waals surface area contributed by atoms with E-state index in [2.05, 4.69) is 11.4 Å². The monoisotopic (exact) mass is 459 g/mol. The van der Waals surface area contributed by atoms with Crippen LogP contribution < -0.4 is 14.8 Å². The molecule has 3 nitrogen and oxygen atoms in total. The first-order chi connectivity index (χ1) is 15.1. The van der Waals surface area contributed by atoms with E-state index < -0.39 is 0 Å². The smallest absolute Gasteiger partial charge is 0.180 e.